The van der Waals surface area contributed by atoms with Gasteiger partial charge in [0, 0.05) is 12.8 Å². The number of hydrogen-bond donors (Lipinski definition) is 2. The lowest BCUT2D eigenvalue weighted by Gasteiger charge is -2.36. The Hall–Kier alpha value is -0.620. The maximum absolute atomic E-state index is 12.0. The van der Waals surface area contributed by atoms with E-state index in [0.717, 1.165) is 6.26 Å². The molecule has 0 aliphatic carbocycles. The summed E-state index contributed by atoms with van der Waals surface area (Å²) in [6.07, 6.45) is 1.06. The van der Waals surface area contributed by atoms with Crippen molar-refractivity contribution in [1.29, 1.82) is 0 Å². The fourth-order valence-corrected chi connectivity index (χ4v) is 1.40. The highest BCUT2D eigenvalue weighted by molar-refractivity contribution is 7.92. The Morgan fingerprint density at radius 1 is 1.29 bits per heavy atom. The van der Waals surface area contributed by atoms with Gasteiger partial charge in [0.1, 0.15) is 4.75 Å². The number of carbonyl (C=O) groups is 1. The summed E-state index contributed by atoms with van der Waals surface area (Å²) in [5.74, 6) is -0.395. The van der Waals surface area contributed by atoms with E-state index in [1.54, 1.807) is 0 Å². The van der Waals surface area contributed by atoms with E-state index in [1.165, 1.54) is 13.8 Å². The summed E-state index contributed by atoms with van der Waals surface area (Å²) in [5, 5.41) is 2.75. The SMILES string of the molecule is CC(C)C(C)(CN)NC(=O)C(C)(C)S(C)(=O)=O. The second kappa shape index (κ2) is 4.94. The van der Waals surface area contributed by atoms with Crippen molar-refractivity contribution in [2.75, 3.05) is 12.8 Å². The molecule has 0 aromatic heterocycles. The van der Waals surface area contributed by atoms with Gasteiger partial charge in [-0.1, -0.05) is 13.8 Å². The molecule has 0 rings (SSSR count). The molecular weight excluding hydrogens is 240 g/mol. The smallest absolute Gasteiger partial charge is 0.241 e. The minimum absolute atomic E-state index is 0.117. The van der Waals surface area contributed by atoms with Crippen LogP contribution >= 0.6 is 0 Å². The van der Waals surface area contributed by atoms with Gasteiger partial charge in [-0.3, -0.25) is 4.79 Å². The normalized spacial score (nSPS) is 16.7. The topological polar surface area (TPSA) is 89.3 Å². The van der Waals surface area contributed by atoms with Crippen molar-refractivity contribution < 1.29 is 13.2 Å². The zero-order valence-electron chi connectivity index (χ0n) is 11.5. The lowest BCUT2D eigenvalue weighted by atomic mass is 9.88. The summed E-state index contributed by atoms with van der Waals surface area (Å²) in [7, 11) is -3.46. The minimum atomic E-state index is -3.46. The van der Waals surface area contributed by atoms with E-state index in [2.05, 4.69) is 5.32 Å². The molecule has 0 bridgehead atoms. The quantitative estimate of drug-likeness (QED) is 0.747. The van der Waals surface area contributed by atoms with Gasteiger partial charge in [-0.15, -0.1) is 0 Å². The van der Waals surface area contributed by atoms with Crippen LogP contribution in [0.1, 0.15) is 34.6 Å². The van der Waals surface area contributed by atoms with E-state index >= 15 is 0 Å². The predicted octanol–water partition coefficient (Wildman–Crippen LogP) is 0.299. The Balaban J connectivity index is 5.13. The maximum Gasteiger partial charge on any atom is 0.241 e. The highest BCUT2D eigenvalue weighted by Crippen LogP contribution is 2.20. The summed E-state index contributed by atoms with van der Waals surface area (Å²) in [6, 6.07) is 0. The molecule has 0 aliphatic heterocycles. The molecule has 0 radical (unpaired) electrons. The van der Waals surface area contributed by atoms with Gasteiger partial charge in [-0.05, 0) is 26.7 Å². The molecule has 5 nitrogen and oxygen atoms in total. The fourth-order valence-electron chi connectivity index (χ4n) is 1.01. The third kappa shape index (κ3) is 3.42. The van der Waals surface area contributed by atoms with Crippen LogP contribution in [-0.2, 0) is 14.6 Å². The molecule has 102 valence electrons. The minimum Gasteiger partial charge on any atom is -0.348 e. The third-order valence-electron chi connectivity index (χ3n) is 3.57. The van der Waals surface area contributed by atoms with E-state index in [9.17, 15) is 13.2 Å². The van der Waals surface area contributed by atoms with Crippen LogP contribution < -0.4 is 11.1 Å². The summed E-state index contributed by atoms with van der Waals surface area (Å²) in [6.45, 7) is 8.73. The number of amides is 1. The molecule has 1 unspecified atom stereocenters. The van der Waals surface area contributed by atoms with Crippen LogP contribution in [-0.4, -0.2) is 37.4 Å². The van der Waals surface area contributed by atoms with Gasteiger partial charge in [0.2, 0.25) is 5.91 Å². The van der Waals surface area contributed by atoms with Crippen molar-refractivity contribution in [2.45, 2.75) is 44.9 Å². The van der Waals surface area contributed by atoms with Crippen molar-refractivity contribution in [3.05, 3.63) is 0 Å². The maximum atomic E-state index is 12.0. The van der Waals surface area contributed by atoms with Crippen LogP contribution in [0.25, 0.3) is 0 Å². The van der Waals surface area contributed by atoms with Crippen molar-refractivity contribution in [2.24, 2.45) is 11.7 Å². The Kier molecular flexibility index (Phi) is 4.76. The standard InChI is InChI=1S/C11H24N2O3S/c1-8(2)11(5,7-12)13-9(14)10(3,4)17(6,15)16/h8H,7,12H2,1-6H3,(H,13,14). The number of carbonyl (C=O) groups excluding carboxylic acids is 1. The second-order valence-electron chi connectivity index (χ2n) is 5.51. The number of rotatable bonds is 5. The van der Waals surface area contributed by atoms with Crippen LogP contribution in [0.15, 0.2) is 0 Å². The van der Waals surface area contributed by atoms with E-state index in [0.29, 0.717) is 0 Å². The molecule has 1 amide bonds. The van der Waals surface area contributed by atoms with Crippen molar-refractivity contribution in [3.63, 3.8) is 0 Å². The molecule has 0 spiro atoms. The molecule has 6 heteroatoms. The average Bonchev–Trinajstić information content (AvgIpc) is 2.15. The monoisotopic (exact) mass is 264 g/mol. The van der Waals surface area contributed by atoms with Gasteiger partial charge < -0.3 is 11.1 Å². The zero-order valence-corrected chi connectivity index (χ0v) is 12.3. The van der Waals surface area contributed by atoms with E-state index in [4.69, 9.17) is 5.73 Å². The van der Waals surface area contributed by atoms with Crippen molar-refractivity contribution in [3.8, 4) is 0 Å². The largest absolute Gasteiger partial charge is 0.348 e. The van der Waals surface area contributed by atoms with Gasteiger partial charge >= 0.3 is 0 Å². The van der Waals surface area contributed by atoms with Gasteiger partial charge in [0.05, 0.1) is 5.54 Å². The number of hydrogen-bond acceptors (Lipinski definition) is 4. The first-order chi connectivity index (χ1) is 7.38. The summed E-state index contributed by atoms with van der Waals surface area (Å²) in [4.78, 5) is 12.0. The molecule has 0 saturated heterocycles. The van der Waals surface area contributed by atoms with Gasteiger partial charge in [-0.2, -0.15) is 0 Å². The predicted molar refractivity (Wildman–Crippen MR) is 69.4 cm³/mol. The van der Waals surface area contributed by atoms with Crippen LogP contribution in [0.2, 0.25) is 0 Å². The molecule has 0 heterocycles. The number of nitrogens with one attached hydrogen (secondary N) is 1. The first-order valence-electron chi connectivity index (χ1n) is 5.61. The van der Waals surface area contributed by atoms with Gasteiger partial charge in [-0.25, -0.2) is 8.42 Å². The lowest BCUT2D eigenvalue weighted by molar-refractivity contribution is -0.125. The average molecular weight is 264 g/mol. The lowest BCUT2D eigenvalue weighted by Crippen LogP contribution is -2.60. The molecule has 0 aromatic carbocycles. The van der Waals surface area contributed by atoms with Gasteiger partial charge in [0.25, 0.3) is 0 Å². The third-order valence-corrected chi connectivity index (χ3v) is 5.61. The Morgan fingerprint density at radius 3 is 1.94 bits per heavy atom. The number of nitrogens with two attached hydrogens (primary N) is 1. The molecule has 17 heavy (non-hydrogen) atoms. The molecule has 0 fully saturated rings. The van der Waals surface area contributed by atoms with Gasteiger partial charge in [0.15, 0.2) is 9.84 Å². The van der Waals surface area contributed by atoms with Crippen molar-refractivity contribution >= 4 is 15.7 Å². The summed E-state index contributed by atoms with van der Waals surface area (Å²) >= 11 is 0. The van der Waals surface area contributed by atoms with E-state index in [-0.39, 0.29) is 12.5 Å². The van der Waals surface area contributed by atoms with E-state index in [1.807, 2.05) is 20.8 Å². The first-order valence-corrected chi connectivity index (χ1v) is 7.50. The van der Waals surface area contributed by atoms with Crippen LogP contribution in [0, 0.1) is 5.92 Å². The highest BCUT2D eigenvalue weighted by atomic mass is 32.2. The Bertz CT molecular complexity index is 388. The summed E-state index contributed by atoms with van der Waals surface area (Å²) < 4.78 is 21.6. The molecule has 0 saturated carbocycles. The second-order valence-corrected chi connectivity index (χ2v) is 8.08. The van der Waals surface area contributed by atoms with Crippen LogP contribution in [0.3, 0.4) is 0 Å². The summed E-state index contributed by atoms with van der Waals surface area (Å²) in [5.41, 5.74) is 5.05. The fraction of sp³-hybridized carbons (Fsp3) is 0.909. The Morgan fingerprint density at radius 2 is 1.71 bits per heavy atom. The molecule has 3 N–H and O–H groups in total. The zero-order chi connectivity index (χ0) is 14.1. The molecule has 1 atom stereocenters. The molecular formula is C11H24N2O3S. The highest BCUT2D eigenvalue weighted by Gasteiger charge is 2.41. The number of sulfone groups is 1. The molecule has 0 aliphatic rings. The van der Waals surface area contributed by atoms with Crippen molar-refractivity contribution in [1.82, 2.24) is 5.32 Å². The van der Waals surface area contributed by atoms with Crippen LogP contribution in [0.4, 0.5) is 0 Å². The van der Waals surface area contributed by atoms with E-state index < -0.39 is 26.0 Å². The molecule has 0 aromatic rings. The first kappa shape index (κ1) is 16.4. The van der Waals surface area contributed by atoms with Crippen LogP contribution in [0.5, 0.6) is 0 Å². The Labute approximate surface area is 104 Å².